The molecule has 0 unspecified atom stereocenters. The average Bonchev–Trinajstić information content (AvgIpc) is 2.95. The van der Waals surface area contributed by atoms with Crippen molar-refractivity contribution in [3.05, 3.63) is 24.3 Å². The van der Waals surface area contributed by atoms with Crippen molar-refractivity contribution >= 4 is 11.6 Å². The molecule has 0 atom stereocenters. The number of hydrogen-bond acceptors (Lipinski definition) is 6. The minimum Gasteiger partial charge on any atom is -0.373 e. The molecule has 0 aliphatic rings. The zero-order chi connectivity index (χ0) is 15.3. The highest BCUT2D eigenvalue weighted by Gasteiger charge is 2.35. The number of hydrogen-bond donors (Lipinski definition) is 2. The van der Waals surface area contributed by atoms with Gasteiger partial charge in [0.15, 0.2) is 0 Å². The Labute approximate surface area is 118 Å². The van der Waals surface area contributed by atoms with Crippen LogP contribution in [-0.4, -0.2) is 38.6 Å². The van der Waals surface area contributed by atoms with Crippen molar-refractivity contribution in [2.45, 2.75) is 19.1 Å². The Hall–Kier alpha value is -2.39. The van der Waals surface area contributed by atoms with Gasteiger partial charge in [0.25, 0.3) is 0 Å². The van der Waals surface area contributed by atoms with E-state index in [9.17, 15) is 13.2 Å². The summed E-state index contributed by atoms with van der Waals surface area (Å²) in [5.41, 5.74) is 0. The highest BCUT2D eigenvalue weighted by molar-refractivity contribution is 5.47. The maximum Gasteiger partial charge on any atom is 0.451 e. The molecule has 114 valence electrons. The summed E-state index contributed by atoms with van der Waals surface area (Å²) in [6, 6.07) is 1.42. The summed E-state index contributed by atoms with van der Waals surface area (Å²) in [6.07, 6.45) is -0.633. The molecular formula is C11H14F3N7. The molecule has 0 bridgehead atoms. The van der Waals surface area contributed by atoms with Crippen LogP contribution >= 0.6 is 0 Å². The molecule has 2 N–H and O–H groups in total. The molecule has 0 aliphatic heterocycles. The van der Waals surface area contributed by atoms with Crippen LogP contribution in [-0.2, 0) is 12.7 Å². The molecule has 0 aliphatic carbocycles. The van der Waals surface area contributed by atoms with Gasteiger partial charge >= 0.3 is 6.18 Å². The monoisotopic (exact) mass is 301 g/mol. The molecule has 0 fully saturated rings. The fourth-order valence-corrected chi connectivity index (χ4v) is 1.60. The van der Waals surface area contributed by atoms with Gasteiger partial charge in [0.2, 0.25) is 5.82 Å². The van der Waals surface area contributed by atoms with Gasteiger partial charge in [-0.25, -0.2) is 9.97 Å². The maximum atomic E-state index is 12.7. The molecule has 0 aromatic carbocycles. The Morgan fingerprint density at radius 3 is 2.62 bits per heavy atom. The molecule has 2 aromatic heterocycles. The Bertz CT molecular complexity index is 568. The van der Waals surface area contributed by atoms with Crippen LogP contribution in [0.2, 0.25) is 0 Å². The summed E-state index contributed by atoms with van der Waals surface area (Å²) in [6.45, 7) is 1.07. The summed E-state index contributed by atoms with van der Waals surface area (Å²) in [7, 11) is 1.50. The van der Waals surface area contributed by atoms with E-state index in [1.807, 2.05) is 0 Å². The summed E-state index contributed by atoms with van der Waals surface area (Å²) in [4.78, 5) is 6.85. The zero-order valence-corrected chi connectivity index (χ0v) is 11.2. The summed E-state index contributed by atoms with van der Waals surface area (Å²) >= 11 is 0. The average molecular weight is 301 g/mol. The zero-order valence-electron chi connectivity index (χ0n) is 11.2. The lowest BCUT2D eigenvalue weighted by Gasteiger charge is -2.11. The minimum absolute atomic E-state index is 0.108. The standard InChI is InChI=1S/C11H14F3N7/c1-15-8-7-9(19-10(18-8)11(12,13)14)16-3-2-5-21-6-4-17-20-21/h4,6-7H,2-3,5H2,1H3,(H2,15,16,18,19). The van der Waals surface area contributed by atoms with E-state index < -0.39 is 12.0 Å². The van der Waals surface area contributed by atoms with Gasteiger partial charge in [-0.2, -0.15) is 13.2 Å². The van der Waals surface area contributed by atoms with E-state index in [4.69, 9.17) is 0 Å². The number of aryl methyl sites for hydroxylation is 1. The molecular weight excluding hydrogens is 287 g/mol. The predicted molar refractivity (Wildman–Crippen MR) is 69.7 cm³/mol. The van der Waals surface area contributed by atoms with Crippen molar-refractivity contribution in [1.29, 1.82) is 0 Å². The minimum atomic E-state index is -4.58. The van der Waals surface area contributed by atoms with Crippen LogP contribution in [0.15, 0.2) is 18.5 Å². The molecule has 7 nitrogen and oxygen atoms in total. The fourth-order valence-electron chi connectivity index (χ4n) is 1.60. The molecule has 0 saturated carbocycles. The van der Waals surface area contributed by atoms with Crippen molar-refractivity contribution in [1.82, 2.24) is 25.0 Å². The number of alkyl halides is 3. The van der Waals surface area contributed by atoms with Gasteiger partial charge < -0.3 is 10.6 Å². The molecule has 2 rings (SSSR count). The van der Waals surface area contributed by atoms with E-state index >= 15 is 0 Å². The number of nitrogens with one attached hydrogen (secondary N) is 2. The van der Waals surface area contributed by atoms with Crippen LogP contribution in [0.3, 0.4) is 0 Å². The number of halogens is 3. The van der Waals surface area contributed by atoms with Crippen LogP contribution < -0.4 is 10.6 Å². The molecule has 0 amide bonds. The first-order valence-electron chi connectivity index (χ1n) is 6.21. The van der Waals surface area contributed by atoms with Crippen LogP contribution in [0, 0.1) is 0 Å². The lowest BCUT2D eigenvalue weighted by Crippen LogP contribution is -2.15. The summed E-state index contributed by atoms with van der Waals surface area (Å²) in [5, 5.41) is 12.9. The fraction of sp³-hybridized carbons (Fsp3) is 0.455. The number of aromatic nitrogens is 5. The SMILES string of the molecule is CNc1cc(NCCCn2ccnn2)nc(C(F)(F)F)n1. The molecule has 2 heterocycles. The van der Waals surface area contributed by atoms with Crippen molar-refractivity contribution in [3.8, 4) is 0 Å². The summed E-state index contributed by atoms with van der Waals surface area (Å²) < 4.78 is 39.6. The van der Waals surface area contributed by atoms with Crippen LogP contribution in [0.1, 0.15) is 12.2 Å². The second-order valence-electron chi connectivity index (χ2n) is 4.16. The topological polar surface area (TPSA) is 80.5 Å². The molecule has 0 saturated heterocycles. The number of rotatable bonds is 6. The lowest BCUT2D eigenvalue weighted by atomic mass is 10.4. The third kappa shape index (κ3) is 4.29. The highest BCUT2D eigenvalue weighted by Crippen LogP contribution is 2.28. The number of nitrogens with zero attached hydrogens (tertiary/aromatic N) is 5. The van der Waals surface area contributed by atoms with Crippen molar-refractivity contribution in [3.63, 3.8) is 0 Å². The van der Waals surface area contributed by atoms with Crippen molar-refractivity contribution < 1.29 is 13.2 Å². The van der Waals surface area contributed by atoms with Gasteiger partial charge in [-0.3, -0.25) is 4.68 Å². The van der Waals surface area contributed by atoms with Gasteiger partial charge in [-0.1, -0.05) is 5.21 Å². The van der Waals surface area contributed by atoms with Crippen molar-refractivity contribution in [2.75, 3.05) is 24.2 Å². The normalized spacial score (nSPS) is 11.4. The molecule has 2 aromatic rings. The van der Waals surface area contributed by atoms with E-state index in [1.54, 1.807) is 17.1 Å². The smallest absolute Gasteiger partial charge is 0.373 e. The Morgan fingerprint density at radius 1 is 1.24 bits per heavy atom. The largest absolute Gasteiger partial charge is 0.451 e. The van der Waals surface area contributed by atoms with Crippen LogP contribution in [0.4, 0.5) is 24.8 Å². The summed E-state index contributed by atoms with van der Waals surface area (Å²) in [5.74, 6) is -0.940. The Kier molecular flexibility index (Phi) is 4.55. The predicted octanol–water partition coefficient (Wildman–Crippen LogP) is 1.63. The second-order valence-corrected chi connectivity index (χ2v) is 4.16. The van der Waals surface area contributed by atoms with Crippen molar-refractivity contribution in [2.24, 2.45) is 0 Å². The molecule has 0 radical (unpaired) electrons. The first kappa shape index (κ1) is 15.0. The Balaban J connectivity index is 1.95. The first-order chi connectivity index (χ1) is 9.99. The lowest BCUT2D eigenvalue weighted by molar-refractivity contribution is -0.144. The van der Waals surface area contributed by atoms with Gasteiger partial charge in [0.05, 0.1) is 6.20 Å². The third-order valence-corrected chi connectivity index (χ3v) is 2.58. The van der Waals surface area contributed by atoms with Crippen LogP contribution in [0.25, 0.3) is 0 Å². The van der Waals surface area contributed by atoms with E-state index in [1.165, 1.54) is 13.1 Å². The quantitative estimate of drug-likeness (QED) is 0.789. The molecule has 0 spiro atoms. The number of anilines is 2. The van der Waals surface area contributed by atoms with Gasteiger partial charge in [-0.05, 0) is 6.42 Å². The van der Waals surface area contributed by atoms with E-state index in [0.29, 0.717) is 19.5 Å². The van der Waals surface area contributed by atoms with Crippen LogP contribution in [0.5, 0.6) is 0 Å². The van der Waals surface area contributed by atoms with E-state index in [0.717, 1.165) is 0 Å². The molecule has 21 heavy (non-hydrogen) atoms. The van der Waals surface area contributed by atoms with Gasteiger partial charge in [0, 0.05) is 32.4 Å². The first-order valence-corrected chi connectivity index (χ1v) is 6.21. The molecule has 10 heteroatoms. The highest BCUT2D eigenvalue weighted by atomic mass is 19.4. The van der Waals surface area contributed by atoms with E-state index in [-0.39, 0.29) is 11.6 Å². The second kappa shape index (κ2) is 6.37. The third-order valence-electron chi connectivity index (χ3n) is 2.58. The van der Waals surface area contributed by atoms with Gasteiger partial charge in [-0.15, -0.1) is 5.10 Å². The Morgan fingerprint density at radius 2 is 2.00 bits per heavy atom. The van der Waals surface area contributed by atoms with Gasteiger partial charge in [0.1, 0.15) is 11.6 Å². The maximum absolute atomic E-state index is 12.7. The van der Waals surface area contributed by atoms with E-state index in [2.05, 4.69) is 30.9 Å².